The van der Waals surface area contributed by atoms with Gasteiger partial charge in [0.2, 0.25) is 10.0 Å². The first-order valence-corrected chi connectivity index (χ1v) is 8.01. The number of nitrogens with one attached hydrogen (secondary N) is 1. The van der Waals surface area contributed by atoms with Gasteiger partial charge in [0.25, 0.3) is 0 Å². The molecule has 0 aliphatic rings. The molecule has 0 aliphatic carbocycles. The number of rotatable bonds is 7. The fourth-order valence-electron chi connectivity index (χ4n) is 1.62. The van der Waals surface area contributed by atoms with Crippen LogP contribution in [0.3, 0.4) is 0 Å². The quantitative estimate of drug-likeness (QED) is 0.784. The Balaban J connectivity index is 3.23. The van der Waals surface area contributed by atoms with Crippen molar-refractivity contribution in [1.29, 1.82) is 0 Å². The summed E-state index contributed by atoms with van der Waals surface area (Å²) in [5, 5.41) is 0. The van der Waals surface area contributed by atoms with Gasteiger partial charge in [0.1, 0.15) is 10.6 Å². The van der Waals surface area contributed by atoms with Crippen molar-refractivity contribution in [3.05, 3.63) is 23.8 Å². The Labute approximate surface area is 120 Å². The second kappa shape index (κ2) is 6.85. The van der Waals surface area contributed by atoms with Crippen LogP contribution in [0.2, 0.25) is 0 Å². The maximum Gasteiger partial charge on any atom is 0.244 e. The number of sulfonamides is 1. The van der Waals surface area contributed by atoms with Crippen LogP contribution in [-0.4, -0.2) is 27.9 Å². The molecule has 0 fully saturated rings. The SMILES string of the molecule is CCC(=O)c1ccc(OC)c(S(=O)(=O)NCC(C)C)c1. The monoisotopic (exact) mass is 299 g/mol. The molecule has 1 aromatic rings. The highest BCUT2D eigenvalue weighted by molar-refractivity contribution is 7.89. The van der Waals surface area contributed by atoms with E-state index in [1.54, 1.807) is 13.0 Å². The maximum atomic E-state index is 12.3. The summed E-state index contributed by atoms with van der Waals surface area (Å²) in [6, 6.07) is 4.45. The van der Waals surface area contributed by atoms with Gasteiger partial charge in [0.05, 0.1) is 7.11 Å². The standard InChI is InChI=1S/C14H21NO4S/c1-5-12(16)11-6-7-13(19-4)14(8-11)20(17,18)15-9-10(2)3/h6-8,10,15H,5,9H2,1-4H3. The van der Waals surface area contributed by atoms with Gasteiger partial charge in [-0.05, 0) is 24.1 Å². The largest absolute Gasteiger partial charge is 0.495 e. The molecule has 0 unspecified atom stereocenters. The first-order chi connectivity index (χ1) is 9.31. The Morgan fingerprint density at radius 3 is 2.50 bits per heavy atom. The lowest BCUT2D eigenvalue weighted by molar-refractivity contribution is 0.0988. The summed E-state index contributed by atoms with van der Waals surface area (Å²) in [4.78, 5) is 11.7. The smallest absolute Gasteiger partial charge is 0.244 e. The molecule has 0 bridgehead atoms. The lowest BCUT2D eigenvalue weighted by Crippen LogP contribution is -2.28. The Kier molecular flexibility index (Phi) is 5.71. The number of benzene rings is 1. The molecule has 0 amide bonds. The molecule has 1 aromatic carbocycles. The van der Waals surface area contributed by atoms with Gasteiger partial charge in [-0.2, -0.15) is 0 Å². The molecular formula is C14H21NO4S. The molecule has 6 heteroatoms. The molecule has 0 saturated heterocycles. The van der Waals surface area contributed by atoms with Crippen molar-refractivity contribution in [2.75, 3.05) is 13.7 Å². The van der Waals surface area contributed by atoms with Crippen molar-refractivity contribution in [3.63, 3.8) is 0 Å². The molecule has 1 N–H and O–H groups in total. The fraction of sp³-hybridized carbons (Fsp3) is 0.500. The average molecular weight is 299 g/mol. The predicted molar refractivity (Wildman–Crippen MR) is 77.6 cm³/mol. The van der Waals surface area contributed by atoms with Gasteiger partial charge in [0.15, 0.2) is 5.78 Å². The van der Waals surface area contributed by atoms with Crippen LogP contribution in [0.25, 0.3) is 0 Å². The van der Waals surface area contributed by atoms with Crippen LogP contribution >= 0.6 is 0 Å². The van der Waals surface area contributed by atoms with E-state index in [1.807, 2.05) is 13.8 Å². The minimum Gasteiger partial charge on any atom is -0.495 e. The van der Waals surface area contributed by atoms with Gasteiger partial charge < -0.3 is 4.74 Å². The van der Waals surface area contributed by atoms with Gasteiger partial charge in [-0.3, -0.25) is 4.79 Å². The van der Waals surface area contributed by atoms with E-state index in [0.717, 1.165) is 0 Å². The number of Topliss-reactive ketones (excluding diaryl/α,β-unsaturated/α-hetero) is 1. The number of ketones is 1. The predicted octanol–water partition coefficient (Wildman–Crippen LogP) is 2.22. The first-order valence-electron chi connectivity index (χ1n) is 6.52. The highest BCUT2D eigenvalue weighted by atomic mass is 32.2. The lowest BCUT2D eigenvalue weighted by Gasteiger charge is -2.13. The van der Waals surface area contributed by atoms with Crippen LogP contribution in [0.4, 0.5) is 0 Å². The number of methoxy groups -OCH3 is 1. The van der Waals surface area contributed by atoms with E-state index in [0.29, 0.717) is 18.5 Å². The molecule has 5 nitrogen and oxygen atoms in total. The zero-order valence-electron chi connectivity index (χ0n) is 12.3. The molecule has 0 radical (unpaired) electrons. The summed E-state index contributed by atoms with van der Waals surface area (Å²) < 4.78 is 32.1. The van der Waals surface area contributed by atoms with E-state index in [9.17, 15) is 13.2 Å². The molecule has 0 saturated carbocycles. The highest BCUT2D eigenvalue weighted by Crippen LogP contribution is 2.25. The second-order valence-corrected chi connectivity index (χ2v) is 6.62. The Morgan fingerprint density at radius 1 is 1.35 bits per heavy atom. The van der Waals surface area contributed by atoms with E-state index in [-0.39, 0.29) is 22.3 Å². The van der Waals surface area contributed by atoms with Crippen LogP contribution in [0.1, 0.15) is 37.6 Å². The van der Waals surface area contributed by atoms with Crippen LogP contribution in [-0.2, 0) is 10.0 Å². The normalized spacial score (nSPS) is 11.7. The molecule has 20 heavy (non-hydrogen) atoms. The van der Waals surface area contributed by atoms with E-state index < -0.39 is 10.0 Å². The first kappa shape index (κ1) is 16.7. The van der Waals surface area contributed by atoms with Crippen molar-refractivity contribution < 1.29 is 17.9 Å². The zero-order chi connectivity index (χ0) is 15.3. The fourth-order valence-corrected chi connectivity index (χ4v) is 3.03. The lowest BCUT2D eigenvalue weighted by atomic mass is 10.1. The second-order valence-electron chi connectivity index (χ2n) is 4.89. The summed E-state index contributed by atoms with van der Waals surface area (Å²) in [5.41, 5.74) is 0.373. The van der Waals surface area contributed by atoms with Crippen molar-refractivity contribution in [1.82, 2.24) is 4.72 Å². The molecule has 0 spiro atoms. The molecule has 1 rings (SSSR count). The van der Waals surface area contributed by atoms with Gasteiger partial charge in [-0.1, -0.05) is 20.8 Å². The third kappa shape index (κ3) is 4.05. The maximum absolute atomic E-state index is 12.3. The molecule has 0 heterocycles. The summed E-state index contributed by atoms with van der Waals surface area (Å²) in [6.45, 7) is 5.89. The average Bonchev–Trinajstić information content (AvgIpc) is 2.43. The number of ether oxygens (including phenoxy) is 1. The van der Waals surface area contributed by atoms with Gasteiger partial charge in [0, 0.05) is 18.5 Å². The van der Waals surface area contributed by atoms with E-state index in [2.05, 4.69) is 4.72 Å². The molecule has 112 valence electrons. The summed E-state index contributed by atoms with van der Waals surface area (Å²) in [5.74, 6) is 0.318. The molecular weight excluding hydrogens is 278 g/mol. The van der Waals surface area contributed by atoms with E-state index >= 15 is 0 Å². The van der Waals surface area contributed by atoms with Crippen molar-refractivity contribution >= 4 is 15.8 Å². The van der Waals surface area contributed by atoms with Crippen molar-refractivity contribution in [2.45, 2.75) is 32.1 Å². The highest BCUT2D eigenvalue weighted by Gasteiger charge is 2.21. The van der Waals surface area contributed by atoms with Gasteiger partial charge in [-0.15, -0.1) is 0 Å². The zero-order valence-corrected chi connectivity index (χ0v) is 13.1. The van der Waals surface area contributed by atoms with Crippen LogP contribution in [0.5, 0.6) is 5.75 Å². The van der Waals surface area contributed by atoms with E-state index in [4.69, 9.17) is 4.74 Å². The Morgan fingerprint density at radius 2 is 2.00 bits per heavy atom. The Hall–Kier alpha value is -1.40. The number of carbonyl (C=O) groups excluding carboxylic acids is 1. The number of carbonyl (C=O) groups is 1. The minimum atomic E-state index is -3.69. The van der Waals surface area contributed by atoms with Gasteiger partial charge >= 0.3 is 0 Å². The summed E-state index contributed by atoms with van der Waals surface area (Å²) in [7, 11) is -2.29. The van der Waals surface area contributed by atoms with Crippen LogP contribution < -0.4 is 9.46 Å². The number of hydrogen-bond acceptors (Lipinski definition) is 4. The van der Waals surface area contributed by atoms with E-state index in [1.165, 1.54) is 19.2 Å². The minimum absolute atomic E-state index is 0.0000463. The van der Waals surface area contributed by atoms with Crippen molar-refractivity contribution in [3.8, 4) is 5.75 Å². The summed E-state index contributed by atoms with van der Waals surface area (Å²) in [6.07, 6.45) is 0.325. The van der Waals surface area contributed by atoms with Gasteiger partial charge in [-0.25, -0.2) is 13.1 Å². The van der Waals surface area contributed by atoms with Crippen molar-refractivity contribution in [2.24, 2.45) is 5.92 Å². The Bertz CT molecular complexity index is 579. The number of hydrogen-bond donors (Lipinski definition) is 1. The topological polar surface area (TPSA) is 72.5 Å². The third-order valence-corrected chi connectivity index (χ3v) is 4.22. The molecule has 0 aromatic heterocycles. The third-order valence-electron chi connectivity index (χ3n) is 2.78. The molecule has 0 atom stereocenters. The summed E-state index contributed by atoms with van der Waals surface area (Å²) >= 11 is 0. The molecule has 0 aliphatic heterocycles. The van der Waals surface area contributed by atoms with Crippen LogP contribution in [0.15, 0.2) is 23.1 Å². The van der Waals surface area contributed by atoms with Crippen LogP contribution in [0, 0.1) is 5.92 Å².